The van der Waals surface area contributed by atoms with Crippen LogP contribution in [-0.2, 0) is 29.5 Å². The molecule has 158 valence electrons. The Bertz CT molecular complexity index is 1290. The van der Waals surface area contributed by atoms with Crippen LogP contribution in [0.25, 0.3) is 23.3 Å². The van der Waals surface area contributed by atoms with E-state index in [1.165, 1.54) is 44.5 Å². The van der Waals surface area contributed by atoms with E-state index in [-0.39, 0.29) is 6.25 Å². The van der Waals surface area contributed by atoms with E-state index in [0.29, 0.717) is 0 Å². The zero-order valence-electron chi connectivity index (χ0n) is 19.0. The molecule has 4 aromatic rings. The van der Waals surface area contributed by atoms with Gasteiger partial charge in [0, 0.05) is 0 Å². The Kier molecular flexibility index (Phi) is 5.00. The molecule has 4 aromatic carbocycles. The van der Waals surface area contributed by atoms with Crippen molar-refractivity contribution < 1.29 is 23.2 Å². The first-order valence-corrected chi connectivity index (χ1v) is 14.1. The summed E-state index contributed by atoms with van der Waals surface area (Å²) in [5, 5.41) is 0. The van der Waals surface area contributed by atoms with Crippen molar-refractivity contribution in [3.8, 4) is 0 Å². The zero-order valence-corrected chi connectivity index (χ0v) is 21.5. The first-order chi connectivity index (χ1) is 16.1. The SMILES string of the molecule is C[C]1([Zr][C]2(C)C(c3ccccc3)=Cc3ccccc32)C(c2ccccc2)=Cc2ccccc21. The van der Waals surface area contributed by atoms with Crippen molar-refractivity contribution in [3.63, 3.8) is 0 Å². The second kappa shape index (κ2) is 7.93. The first-order valence-electron chi connectivity index (χ1n) is 11.6. The molecule has 0 saturated carbocycles. The van der Waals surface area contributed by atoms with Crippen molar-refractivity contribution in [2.45, 2.75) is 20.1 Å². The molecule has 2 aliphatic rings. The molecule has 0 saturated heterocycles. The molecule has 2 aliphatic carbocycles. The van der Waals surface area contributed by atoms with Gasteiger partial charge in [0.25, 0.3) is 0 Å². The second-order valence-corrected chi connectivity index (χ2v) is 14.9. The average Bonchev–Trinajstić information content (AvgIpc) is 3.32. The van der Waals surface area contributed by atoms with E-state index >= 15 is 0 Å². The van der Waals surface area contributed by atoms with Gasteiger partial charge in [-0.15, -0.1) is 0 Å². The Morgan fingerprint density at radius 1 is 0.455 bits per heavy atom. The van der Waals surface area contributed by atoms with Crippen molar-refractivity contribution in [2.24, 2.45) is 0 Å². The van der Waals surface area contributed by atoms with Crippen LogP contribution in [0.5, 0.6) is 0 Å². The van der Waals surface area contributed by atoms with E-state index < -0.39 is 23.2 Å². The molecular weight excluding hydrogens is 476 g/mol. The molecule has 2 unspecified atom stereocenters. The molecule has 0 nitrogen and oxygen atoms in total. The molecule has 0 amide bonds. The van der Waals surface area contributed by atoms with Gasteiger partial charge in [0.2, 0.25) is 0 Å². The summed E-state index contributed by atoms with van der Waals surface area (Å²) in [6.45, 7) is 5.05. The van der Waals surface area contributed by atoms with Gasteiger partial charge < -0.3 is 0 Å². The Morgan fingerprint density at radius 3 is 1.24 bits per heavy atom. The van der Waals surface area contributed by atoms with Crippen molar-refractivity contribution in [3.05, 3.63) is 143 Å². The van der Waals surface area contributed by atoms with Gasteiger partial charge in [-0.1, -0.05) is 0 Å². The molecular formula is C32H26Zr. The molecule has 0 N–H and O–H groups in total. The summed E-state index contributed by atoms with van der Waals surface area (Å²) in [7, 11) is 0. The molecule has 0 fully saturated rings. The molecule has 6 rings (SSSR count). The molecule has 0 aromatic heterocycles. The van der Waals surface area contributed by atoms with Crippen LogP contribution in [0, 0.1) is 0 Å². The molecule has 1 heteroatoms. The second-order valence-electron chi connectivity index (χ2n) is 9.40. The van der Waals surface area contributed by atoms with Crippen LogP contribution in [0.4, 0.5) is 0 Å². The zero-order chi connectivity index (χ0) is 22.5. The van der Waals surface area contributed by atoms with Crippen LogP contribution < -0.4 is 0 Å². The summed E-state index contributed by atoms with van der Waals surface area (Å²) < 4.78 is 0.142. The number of hydrogen-bond acceptors (Lipinski definition) is 0. The van der Waals surface area contributed by atoms with Crippen LogP contribution in [0.2, 0.25) is 0 Å². The minimum absolute atomic E-state index is 0.0708. The summed E-state index contributed by atoms with van der Waals surface area (Å²) in [6, 6.07) is 40.2. The topological polar surface area (TPSA) is 0 Å². The molecule has 0 radical (unpaired) electrons. The van der Waals surface area contributed by atoms with Crippen LogP contribution >= 0.6 is 0 Å². The van der Waals surface area contributed by atoms with E-state index in [1.54, 1.807) is 0 Å². The van der Waals surface area contributed by atoms with Crippen LogP contribution in [-0.4, -0.2) is 0 Å². The standard InChI is InChI=1S/2C16H13.Zr/c2*1-12-15-10-6-5-9-14(15)11-16(12)13-7-3-2-4-8-13;/h2*2-11H,1H3;. The summed E-state index contributed by atoms with van der Waals surface area (Å²) >= 11 is -1.16. The monoisotopic (exact) mass is 500 g/mol. The Hall–Kier alpha value is -2.76. The predicted molar refractivity (Wildman–Crippen MR) is 136 cm³/mol. The third kappa shape index (κ3) is 3.29. The fourth-order valence-corrected chi connectivity index (χ4v) is 11.8. The van der Waals surface area contributed by atoms with E-state index in [9.17, 15) is 0 Å². The van der Waals surface area contributed by atoms with Crippen LogP contribution in [0.1, 0.15) is 47.2 Å². The van der Waals surface area contributed by atoms with Crippen molar-refractivity contribution >= 4 is 23.3 Å². The average molecular weight is 502 g/mol. The van der Waals surface area contributed by atoms with Gasteiger partial charge in [-0.25, -0.2) is 0 Å². The van der Waals surface area contributed by atoms with Crippen molar-refractivity contribution in [2.75, 3.05) is 0 Å². The molecule has 0 heterocycles. The maximum absolute atomic E-state index is 2.53. The summed E-state index contributed by atoms with van der Waals surface area (Å²) in [5.74, 6) is 0. The first kappa shape index (κ1) is 20.8. The van der Waals surface area contributed by atoms with Gasteiger partial charge in [-0.2, -0.15) is 0 Å². The van der Waals surface area contributed by atoms with Gasteiger partial charge in [-0.3, -0.25) is 0 Å². The molecule has 0 aliphatic heterocycles. The van der Waals surface area contributed by atoms with Gasteiger partial charge >= 0.3 is 209 Å². The van der Waals surface area contributed by atoms with Gasteiger partial charge in [0.05, 0.1) is 0 Å². The number of hydrogen-bond donors (Lipinski definition) is 0. The Labute approximate surface area is 208 Å². The van der Waals surface area contributed by atoms with E-state index in [4.69, 9.17) is 0 Å². The summed E-state index contributed by atoms with van der Waals surface area (Å²) in [4.78, 5) is 0. The van der Waals surface area contributed by atoms with Gasteiger partial charge in [-0.05, 0) is 0 Å². The summed E-state index contributed by atoms with van der Waals surface area (Å²) in [5.41, 5.74) is 11.5. The van der Waals surface area contributed by atoms with Crippen LogP contribution in [0.3, 0.4) is 0 Å². The third-order valence-electron chi connectivity index (χ3n) is 7.35. The van der Waals surface area contributed by atoms with Crippen molar-refractivity contribution in [1.29, 1.82) is 0 Å². The van der Waals surface area contributed by atoms with Crippen LogP contribution in [0.15, 0.2) is 109 Å². The van der Waals surface area contributed by atoms with Gasteiger partial charge in [0.1, 0.15) is 0 Å². The minimum atomic E-state index is -1.16. The molecule has 2 atom stereocenters. The van der Waals surface area contributed by atoms with E-state index in [2.05, 4.69) is 135 Å². The Morgan fingerprint density at radius 2 is 0.818 bits per heavy atom. The quantitative estimate of drug-likeness (QED) is 0.266. The maximum atomic E-state index is 2.53. The number of allylic oxidation sites excluding steroid dienone is 2. The Balaban J connectivity index is 1.54. The number of benzene rings is 4. The summed E-state index contributed by atoms with van der Waals surface area (Å²) in [6.07, 6.45) is 4.92. The number of fused-ring (bicyclic) bond motifs is 2. The molecule has 0 spiro atoms. The normalized spacial score (nSPS) is 22.8. The van der Waals surface area contributed by atoms with Crippen molar-refractivity contribution in [1.82, 2.24) is 0 Å². The fourth-order valence-electron chi connectivity index (χ4n) is 5.80. The molecule has 33 heavy (non-hydrogen) atoms. The van der Waals surface area contributed by atoms with Gasteiger partial charge in [0.15, 0.2) is 0 Å². The molecule has 0 bridgehead atoms. The number of rotatable bonds is 4. The fraction of sp³-hybridized carbons (Fsp3) is 0.125. The van der Waals surface area contributed by atoms with E-state index in [0.717, 1.165) is 0 Å². The van der Waals surface area contributed by atoms with E-state index in [1.807, 2.05) is 0 Å². The third-order valence-corrected chi connectivity index (χ3v) is 12.5. The predicted octanol–water partition coefficient (Wildman–Crippen LogP) is 8.01.